The Kier molecular flexibility index (Phi) is 5.59. The van der Waals surface area contributed by atoms with Crippen LogP contribution in [0.1, 0.15) is 18.4 Å². The van der Waals surface area contributed by atoms with Crippen molar-refractivity contribution in [1.82, 2.24) is 4.90 Å². The molecule has 4 nitrogen and oxygen atoms in total. The summed E-state index contributed by atoms with van der Waals surface area (Å²) in [5, 5.41) is 4.40. The van der Waals surface area contributed by atoms with Crippen LogP contribution in [0.4, 0.5) is 5.69 Å². The lowest BCUT2D eigenvalue weighted by atomic mass is 9.73. The fourth-order valence-electron chi connectivity index (χ4n) is 4.16. The minimum absolute atomic E-state index is 0.100. The van der Waals surface area contributed by atoms with Gasteiger partial charge in [-0.05, 0) is 61.8 Å². The number of fused-ring (bicyclic) bond motifs is 2. The van der Waals surface area contributed by atoms with Crippen LogP contribution in [0.25, 0.3) is 0 Å². The third-order valence-corrected chi connectivity index (χ3v) is 6.41. The van der Waals surface area contributed by atoms with Crippen molar-refractivity contribution in [1.29, 1.82) is 0 Å². The molecule has 1 N–H and O–H groups in total. The molecule has 1 amide bonds. The Hall–Kier alpha value is -1.69. The monoisotopic (exact) mass is 415 g/mol. The lowest BCUT2D eigenvalue weighted by Gasteiger charge is -2.38. The summed E-state index contributed by atoms with van der Waals surface area (Å²) in [5.41, 5.74) is 2.50. The smallest absolute Gasteiger partial charge is 0.235 e. The molecule has 2 aromatic carbocycles. The van der Waals surface area contributed by atoms with E-state index >= 15 is 0 Å². The molecular weight excluding hydrogens is 394 g/mol. The second-order valence-corrected chi connectivity index (χ2v) is 8.23. The molecule has 0 unspecified atom stereocenters. The summed E-state index contributed by atoms with van der Waals surface area (Å²) in [5.74, 6) is 0.881. The SMILES string of the molecule is C[B]c1ccc(OCCN2CCC3(CC2)C(=O)Nc2ccc(Cl)cc23)cc1Cl. The Morgan fingerprint density at radius 2 is 1.96 bits per heavy atom. The number of hydrogen-bond acceptors (Lipinski definition) is 3. The zero-order valence-corrected chi connectivity index (χ0v) is 17.3. The predicted molar refractivity (Wildman–Crippen MR) is 116 cm³/mol. The molecule has 1 spiro atoms. The van der Waals surface area contributed by atoms with Gasteiger partial charge in [0.2, 0.25) is 5.91 Å². The molecule has 145 valence electrons. The minimum atomic E-state index is -0.447. The van der Waals surface area contributed by atoms with Crippen LogP contribution < -0.4 is 15.5 Å². The van der Waals surface area contributed by atoms with Crippen molar-refractivity contribution in [2.75, 3.05) is 31.6 Å². The first kappa shape index (κ1) is 19.6. The largest absolute Gasteiger partial charge is 0.492 e. The van der Waals surface area contributed by atoms with Crippen molar-refractivity contribution in [2.24, 2.45) is 0 Å². The summed E-state index contributed by atoms with van der Waals surface area (Å²) in [4.78, 5) is 15.0. The number of carbonyl (C=O) groups is 1. The molecule has 2 aliphatic heterocycles. The maximum atomic E-state index is 12.7. The average Bonchev–Trinajstić information content (AvgIpc) is 2.95. The first-order chi connectivity index (χ1) is 13.5. The van der Waals surface area contributed by atoms with Gasteiger partial charge in [-0.2, -0.15) is 0 Å². The van der Waals surface area contributed by atoms with E-state index in [0.717, 1.165) is 54.9 Å². The highest BCUT2D eigenvalue weighted by molar-refractivity contribution is 6.57. The van der Waals surface area contributed by atoms with Crippen LogP contribution in [0.15, 0.2) is 36.4 Å². The van der Waals surface area contributed by atoms with E-state index < -0.39 is 5.41 Å². The van der Waals surface area contributed by atoms with Gasteiger partial charge in [0, 0.05) is 22.3 Å². The molecule has 0 aromatic heterocycles. The molecule has 2 aromatic rings. The Morgan fingerprint density at radius 1 is 1.18 bits per heavy atom. The van der Waals surface area contributed by atoms with Gasteiger partial charge in [-0.15, -0.1) is 0 Å². The number of nitrogens with one attached hydrogen (secondary N) is 1. The summed E-state index contributed by atoms with van der Waals surface area (Å²) in [6, 6.07) is 11.4. The maximum absolute atomic E-state index is 12.7. The van der Waals surface area contributed by atoms with Crippen molar-refractivity contribution in [3.8, 4) is 5.75 Å². The van der Waals surface area contributed by atoms with E-state index in [1.54, 1.807) is 0 Å². The highest BCUT2D eigenvalue weighted by Crippen LogP contribution is 2.45. The lowest BCUT2D eigenvalue weighted by Crippen LogP contribution is -2.47. The number of hydrogen-bond donors (Lipinski definition) is 1. The van der Waals surface area contributed by atoms with Crippen LogP contribution in [-0.4, -0.2) is 44.3 Å². The van der Waals surface area contributed by atoms with E-state index in [1.807, 2.05) is 50.5 Å². The van der Waals surface area contributed by atoms with Crippen molar-refractivity contribution < 1.29 is 9.53 Å². The van der Waals surface area contributed by atoms with E-state index in [-0.39, 0.29) is 5.91 Å². The van der Waals surface area contributed by atoms with Gasteiger partial charge in [0.1, 0.15) is 19.6 Å². The highest BCUT2D eigenvalue weighted by Gasteiger charge is 2.48. The van der Waals surface area contributed by atoms with Gasteiger partial charge >= 0.3 is 0 Å². The third-order valence-electron chi connectivity index (χ3n) is 5.85. The quantitative estimate of drug-likeness (QED) is 0.756. The summed E-state index contributed by atoms with van der Waals surface area (Å²) in [6.07, 6.45) is 1.58. The minimum Gasteiger partial charge on any atom is -0.492 e. The second-order valence-electron chi connectivity index (χ2n) is 7.39. The molecule has 1 fully saturated rings. The first-order valence-electron chi connectivity index (χ1n) is 9.57. The number of anilines is 1. The van der Waals surface area contributed by atoms with Crippen molar-refractivity contribution in [3.63, 3.8) is 0 Å². The van der Waals surface area contributed by atoms with E-state index in [9.17, 15) is 4.79 Å². The molecule has 2 heterocycles. The van der Waals surface area contributed by atoms with Crippen LogP contribution >= 0.6 is 23.2 Å². The number of benzene rings is 2. The van der Waals surface area contributed by atoms with Crippen molar-refractivity contribution in [3.05, 3.63) is 52.0 Å². The normalized spacial score (nSPS) is 18.0. The summed E-state index contributed by atoms with van der Waals surface area (Å²) in [6.45, 7) is 5.08. The Balaban J connectivity index is 1.33. The van der Waals surface area contributed by atoms with E-state index in [4.69, 9.17) is 27.9 Å². The van der Waals surface area contributed by atoms with Gasteiger partial charge in [-0.3, -0.25) is 9.69 Å². The van der Waals surface area contributed by atoms with E-state index in [1.165, 1.54) is 0 Å². The first-order valence-corrected chi connectivity index (χ1v) is 10.3. The molecule has 28 heavy (non-hydrogen) atoms. The van der Waals surface area contributed by atoms with Crippen LogP contribution in [0.5, 0.6) is 5.75 Å². The fourth-order valence-corrected chi connectivity index (χ4v) is 4.62. The molecule has 0 aliphatic carbocycles. The zero-order valence-electron chi connectivity index (χ0n) is 15.8. The number of nitrogens with zero attached hydrogens (tertiary/aromatic N) is 1. The molecule has 0 atom stereocenters. The Morgan fingerprint density at radius 3 is 2.68 bits per heavy atom. The Labute approximate surface area is 176 Å². The summed E-state index contributed by atoms with van der Waals surface area (Å²) in [7, 11) is 1.97. The van der Waals surface area contributed by atoms with Gasteiger partial charge in [-0.25, -0.2) is 0 Å². The van der Waals surface area contributed by atoms with Gasteiger partial charge < -0.3 is 10.1 Å². The fraction of sp³-hybridized carbons (Fsp3) is 0.381. The van der Waals surface area contributed by atoms with Gasteiger partial charge in [0.05, 0.1) is 5.41 Å². The maximum Gasteiger partial charge on any atom is 0.235 e. The van der Waals surface area contributed by atoms with Crippen LogP contribution in [0, 0.1) is 0 Å². The highest BCUT2D eigenvalue weighted by atomic mass is 35.5. The van der Waals surface area contributed by atoms with Crippen LogP contribution in [0.3, 0.4) is 0 Å². The van der Waals surface area contributed by atoms with Crippen LogP contribution in [-0.2, 0) is 10.2 Å². The van der Waals surface area contributed by atoms with Crippen molar-refractivity contribution >= 4 is 47.5 Å². The van der Waals surface area contributed by atoms with Gasteiger partial charge in [-0.1, -0.05) is 41.6 Å². The average molecular weight is 416 g/mol. The lowest BCUT2D eigenvalue weighted by molar-refractivity contribution is -0.122. The zero-order chi connectivity index (χ0) is 19.7. The third kappa shape index (κ3) is 3.63. The molecule has 7 heteroatoms. The number of piperidine rings is 1. The Bertz CT molecular complexity index is 898. The number of likely N-dealkylation sites (tertiary alicyclic amines) is 1. The predicted octanol–water partition coefficient (Wildman–Crippen LogP) is 3.74. The molecule has 0 saturated carbocycles. The number of halogens is 2. The van der Waals surface area contributed by atoms with Crippen molar-refractivity contribution in [2.45, 2.75) is 25.1 Å². The van der Waals surface area contributed by atoms with Gasteiger partial charge in [0.25, 0.3) is 0 Å². The molecule has 0 bridgehead atoms. The van der Waals surface area contributed by atoms with Gasteiger partial charge in [0.15, 0.2) is 0 Å². The van der Waals surface area contributed by atoms with E-state index in [2.05, 4.69) is 10.2 Å². The van der Waals surface area contributed by atoms with E-state index in [0.29, 0.717) is 16.7 Å². The number of carbonyl (C=O) groups excluding carboxylic acids is 1. The second kappa shape index (κ2) is 7.98. The standard InChI is InChI=1S/C21H22BCl2N2O2/c1-22-17-4-3-15(13-18(17)24)28-11-10-26-8-6-21(7-9-26)16-12-14(23)2-5-19(16)25-20(21)27/h2-5,12-13H,6-11H2,1H3,(H,25,27). The molecule has 1 radical (unpaired) electrons. The molecule has 2 aliphatic rings. The number of ether oxygens (including phenoxy) is 1. The topological polar surface area (TPSA) is 41.6 Å². The number of rotatable bonds is 5. The summed E-state index contributed by atoms with van der Waals surface area (Å²) < 4.78 is 5.86. The number of amides is 1. The molecular formula is C21H22BCl2N2O2. The van der Waals surface area contributed by atoms with Crippen LogP contribution in [0.2, 0.25) is 16.9 Å². The molecule has 1 saturated heterocycles. The summed E-state index contributed by atoms with van der Waals surface area (Å²) >= 11 is 12.4. The molecule has 4 rings (SSSR count).